The van der Waals surface area contributed by atoms with Crippen LogP contribution in [0.4, 0.5) is 0 Å². The number of ether oxygens (including phenoxy) is 1. The maximum atomic E-state index is 5.94. The lowest BCUT2D eigenvalue weighted by molar-refractivity contribution is 0.177. The van der Waals surface area contributed by atoms with E-state index in [2.05, 4.69) is 25.2 Å². The van der Waals surface area contributed by atoms with E-state index < -0.39 is 0 Å². The van der Waals surface area contributed by atoms with Crippen LogP contribution < -0.4 is 5.32 Å². The second kappa shape index (κ2) is 5.50. The van der Waals surface area contributed by atoms with Crippen molar-refractivity contribution < 1.29 is 4.74 Å². The number of halogens is 1. The highest BCUT2D eigenvalue weighted by Crippen LogP contribution is 2.28. The molecule has 1 aromatic rings. The van der Waals surface area contributed by atoms with Crippen LogP contribution in [0.3, 0.4) is 0 Å². The average Bonchev–Trinajstić information content (AvgIpc) is 2.87. The van der Waals surface area contributed by atoms with E-state index in [1.54, 1.807) is 11.3 Å². The van der Waals surface area contributed by atoms with E-state index in [0.29, 0.717) is 18.0 Å². The fraction of sp³-hybridized carbons (Fsp3) is 0.667. The van der Waals surface area contributed by atoms with Gasteiger partial charge in [0, 0.05) is 23.6 Å². The number of rotatable bonds is 4. The van der Waals surface area contributed by atoms with Gasteiger partial charge in [0.25, 0.3) is 0 Å². The lowest BCUT2D eigenvalue weighted by Crippen LogP contribution is -2.35. The minimum Gasteiger partial charge on any atom is -0.381 e. The summed E-state index contributed by atoms with van der Waals surface area (Å²) in [5.41, 5.74) is 0. The summed E-state index contributed by atoms with van der Waals surface area (Å²) < 4.78 is 6.27. The van der Waals surface area contributed by atoms with Crippen LogP contribution in [-0.4, -0.2) is 19.3 Å². The van der Waals surface area contributed by atoms with E-state index in [0.717, 1.165) is 17.6 Å². The molecule has 1 saturated heterocycles. The summed E-state index contributed by atoms with van der Waals surface area (Å²) in [6.45, 7) is 6.24. The molecular weight excluding hydrogens is 242 g/mol. The summed E-state index contributed by atoms with van der Waals surface area (Å²) in [4.78, 5) is 1.30. The first kappa shape index (κ1) is 12.4. The van der Waals surface area contributed by atoms with Gasteiger partial charge in [0.15, 0.2) is 0 Å². The normalized spacial score (nSPS) is 24.6. The summed E-state index contributed by atoms with van der Waals surface area (Å²) in [5, 5.41) is 3.62. The summed E-state index contributed by atoms with van der Waals surface area (Å²) in [6, 6.07) is 4.93. The first-order valence-electron chi connectivity index (χ1n) is 5.76. The molecule has 0 radical (unpaired) electrons. The average molecular weight is 260 g/mol. The van der Waals surface area contributed by atoms with Crippen molar-refractivity contribution in [1.29, 1.82) is 0 Å². The molecule has 16 heavy (non-hydrogen) atoms. The molecule has 2 heterocycles. The van der Waals surface area contributed by atoms with Gasteiger partial charge in [-0.05, 0) is 38.3 Å². The Morgan fingerprint density at radius 1 is 1.50 bits per heavy atom. The molecule has 0 aliphatic carbocycles. The van der Waals surface area contributed by atoms with E-state index in [9.17, 15) is 0 Å². The van der Waals surface area contributed by atoms with Gasteiger partial charge < -0.3 is 10.1 Å². The molecule has 3 atom stereocenters. The van der Waals surface area contributed by atoms with E-state index in [4.69, 9.17) is 16.3 Å². The lowest BCUT2D eigenvalue weighted by Gasteiger charge is -2.23. The molecule has 2 nitrogen and oxygen atoms in total. The maximum Gasteiger partial charge on any atom is 0.0931 e. The number of hydrogen-bond acceptors (Lipinski definition) is 3. The quantitative estimate of drug-likeness (QED) is 0.894. The minimum atomic E-state index is 0.369. The Labute approximate surface area is 106 Å². The van der Waals surface area contributed by atoms with Crippen LogP contribution in [0.15, 0.2) is 12.1 Å². The third kappa shape index (κ3) is 2.98. The maximum absolute atomic E-state index is 5.94. The zero-order valence-electron chi connectivity index (χ0n) is 9.70. The molecule has 0 amide bonds. The molecule has 2 rings (SSSR count). The molecule has 0 spiro atoms. The van der Waals surface area contributed by atoms with E-state index >= 15 is 0 Å². The smallest absolute Gasteiger partial charge is 0.0931 e. The fourth-order valence-electron chi connectivity index (χ4n) is 2.12. The highest BCUT2D eigenvalue weighted by molar-refractivity contribution is 7.16. The third-order valence-corrected chi connectivity index (χ3v) is 4.62. The molecule has 1 aliphatic heterocycles. The molecule has 0 saturated carbocycles. The number of hydrogen-bond donors (Lipinski definition) is 1. The zero-order valence-corrected chi connectivity index (χ0v) is 11.3. The predicted octanol–water partition coefficient (Wildman–Crippen LogP) is 3.48. The molecule has 90 valence electrons. The van der Waals surface area contributed by atoms with Gasteiger partial charge in [0.05, 0.1) is 10.9 Å². The zero-order chi connectivity index (χ0) is 11.5. The van der Waals surface area contributed by atoms with Crippen molar-refractivity contribution in [2.45, 2.75) is 32.4 Å². The summed E-state index contributed by atoms with van der Waals surface area (Å²) in [7, 11) is 0. The van der Waals surface area contributed by atoms with Gasteiger partial charge >= 0.3 is 0 Å². The van der Waals surface area contributed by atoms with Gasteiger partial charge in [0.1, 0.15) is 0 Å². The van der Waals surface area contributed by atoms with Crippen LogP contribution >= 0.6 is 22.9 Å². The molecule has 1 aromatic heterocycles. The number of nitrogens with one attached hydrogen (secondary N) is 1. The van der Waals surface area contributed by atoms with Gasteiger partial charge in [-0.15, -0.1) is 11.3 Å². The van der Waals surface area contributed by atoms with Gasteiger partial charge in [-0.25, -0.2) is 0 Å². The topological polar surface area (TPSA) is 21.3 Å². The number of thiophene rings is 1. The minimum absolute atomic E-state index is 0.369. The van der Waals surface area contributed by atoms with E-state index in [1.807, 2.05) is 6.07 Å². The summed E-state index contributed by atoms with van der Waals surface area (Å²) >= 11 is 7.59. The highest BCUT2D eigenvalue weighted by atomic mass is 35.5. The van der Waals surface area contributed by atoms with Crippen molar-refractivity contribution in [2.75, 3.05) is 13.2 Å². The first-order chi connectivity index (χ1) is 7.66. The van der Waals surface area contributed by atoms with Crippen LogP contribution in [0.25, 0.3) is 0 Å². The first-order valence-corrected chi connectivity index (χ1v) is 6.95. The third-order valence-electron chi connectivity index (χ3n) is 3.21. The molecule has 0 aromatic carbocycles. The largest absolute Gasteiger partial charge is 0.381 e. The Morgan fingerprint density at radius 2 is 2.31 bits per heavy atom. The Kier molecular flexibility index (Phi) is 4.25. The second-order valence-corrected chi connectivity index (χ2v) is 6.19. The van der Waals surface area contributed by atoms with Crippen molar-refractivity contribution in [3.05, 3.63) is 21.3 Å². The monoisotopic (exact) mass is 259 g/mol. The van der Waals surface area contributed by atoms with E-state index in [-0.39, 0.29) is 0 Å². The highest BCUT2D eigenvalue weighted by Gasteiger charge is 2.23. The molecular formula is C12H18ClNOS. The summed E-state index contributed by atoms with van der Waals surface area (Å²) in [6.07, 6.45) is 1.17. The molecule has 1 fully saturated rings. The predicted molar refractivity (Wildman–Crippen MR) is 69.3 cm³/mol. The van der Waals surface area contributed by atoms with Crippen LogP contribution in [-0.2, 0) is 4.74 Å². The molecule has 0 bridgehead atoms. The van der Waals surface area contributed by atoms with E-state index in [1.165, 1.54) is 11.3 Å². The standard InChI is InChI=1S/C12H18ClNOS/c1-8(10-5-6-15-7-10)14-9(2)11-3-4-12(13)16-11/h3-4,8-10,14H,5-7H2,1-2H3. The molecule has 1 aliphatic rings. The van der Waals surface area contributed by atoms with Crippen molar-refractivity contribution in [2.24, 2.45) is 5.92 Å². The molecule has 1 N–H and O–H groups in total. The van der Waals surface area contributed by atoms with Gasteiger partial charge in [0.2, 0.25) is 0 Å². The van der Waals surface area contributed by atoms with Gasteiger partial charge in [-0.3, -0.25) is 0 Å². The second-order valence-electron chi connectivity index (χ2n) is 4.44. The Balaban J connectivity index is 1.88. The van der Waals surface area contributed by atoms with Crippen molar-refractivity contribution in [1.82, 2.24) is 5.32 Å². The van der Waals surface area contributed by atoms with Crippen LogP contribution in [0.1, 0.15) is 31.2 Å². The Hall–Kier alpha value is -0.0900. The Morgan fingerprint density at radius 3 is 2.88 bits per heavy atom. The van der Waals surface area contributed by atoms with Crippen molar-refractivity contribution in [3.63, 3.8) is 0 Å². The molecule has 3 unspecified atom stereocenters. The van der Waals surface area contributed by atoms with Crippen LogP contribution in [0, 0.1) is 5.92 Å². The SMILES string of the molecule is CC(NC(C)C1CCOC1)c1ccc(Cl)s1. The van der Waals surface area contributed by atoms with Crippen LogP contribution in [0.2, 0.25) is 4.34 Å². The summed E-state index contributed by atoms with van der Waals surface area (Å²) in [5.74, 6) is 0.651. The van der Waals surface area contributed by atoms with Crippen molar-refractivity contribution >= 4 is 22.9 Å². The van der Waals surface area contributed by atoms with Gasteiger partial charge in [-0.1, -0.05) is 11.6 Å². The van der Waals surface area contributed by atoms with Crippen molar-refractivity contribution in [3.8, 4) is 0 Å². The lowest BCUT2D eigenvalue weighted by atomic mass is 10.00. The molecule has 4 heteroatoms. The fourth-order valence-corrected chi connectivity index (χ4v) is 3.19. The van der Waals surface area contributed by atoms with Gasteiger partial charge in [-0.2, -0.15) is 0 Å². The van der Waals surface area contributed by atoms with Crippen LogP contribution in [0.5, 0.6) is 0 Å². The Bertz CT molecular complexity index is 336.